The summed E-state index contributed by atoms with van der Waals surface area (Å²) in [7, 11) is 0. The molecule has 2 rings (SSSR count). The Morgan fingerprint density at radius 1 is 0.923 bits per heavy atom. The van der Waals surface area contributed by atoms with Gasteiger partial charge >= 0.3 is 18.5 Å². The zero-order valence-corrected chi connectivity index (χ0v) is 20.5. The number of rotatable bonds is 8. The molecule has 0 aliphatic carbocycles. The van der Waals surface area contributed by atoms with Crippen LogP contribution in [0.3, 0.4) is 0 Å². The van der Waals surface area contributed by atoms with Gasteiger partial charge in [-0.15, -0.1) is 0 Å². The minimum atomic E-state index is -5.34. The van der Waals surface area contributed by atoms with Gasteiger partial charge in [-0.25, -0.2) is 13.2 Å². The molecule has 2 aromatic rings. The summed E-state index contributed by atoms with van der Waals surface area (Å²) in [5.74, 6) is -10.7. The molecule has 0 saturated heterocycles. The van der Waals surface area contributed by atoms with Crippen molar-refractivity contribution >= 4 is 33.4 Å². The smallest absolute Gasteiger partial charge is 0.347 e. The van der Waals surface area contributed by atoms with E-state index in [0.717, 1.165) is 0 Å². The number of halogens is 13. The predicted octanol–water partition coefficient (Wildman–Crippen LogP) is 8.04. The van der Waals surface area contributed by atoms with Gasteiger partial charge < -0.3 is 5.32 Å². The lowest BCUT2D eigenvalue weighted by Crippen LogP contribution is -2.33. The summed E-state index contributed by atoms with van der Waals surface area (Å²) in [5.41, 5.74) is -4.93. The quantitative estimate of drug-likeness (QED) is 0.180. The Hall–Kier alpha value is -3.04. The highest BCUT2D eigenvalue weighted by molar-refractivity contribution is 9.10. The number of Topliss-reactive ketones (excluding diaryl/α,β-unsaturated/α-hetero) is 1. The molecule has 0 aliphatic heterocycles. The molecule has 0 radical (unpaired) electrons. The Morgan fingerprint density at radius 2 is 1.54 bits per heavy atom. The standard InChI is InChI=1S/C23H14BrF12NO2/c24-15-6-11(7-17(26)20(15)27)13(22(31,32)33)8-16(25)10-1-2-12(14(5-10)23(34,35)36)18(38)3-4-19(39)37-9-21(28,29)30/h1-2,5-8,13H,3-4,9H2,(H,37,39)/b16-8-. The average Bonchev–Trinajstić information content (AvgIpc) is 2.80. The molecule has 16 heteroatoms. The maximum atomic E-state index is 14.8. The number of nitrogens with one attached hydrogen (secondary N) is 1. The summed E-state index contributed by atoms with van der Waals surface area (Å²) in [5, 5.41) is 1.42. The summed E-state index contributed by atoms with van der Waals surface area (Å²) in [6, 6.07) is 1.63. The van der Waals surface area contributed by atoms with Crippen molar-refractivity contribution in [1.82, 2.24) is 5.32 Å². The first-order chi connectivity index (χ1) is 17.7. The zero-order chi connectivity index (χ0) is 29.9. The third-order valence-corrected chi connectivity index (χ3v) is 5.57. The monoisotopic (exact) mass is 643 g/mol. The number of allylic oxidation sites excluding steroid dienone is 1. The van der Waals surface area contributed by atoms with E-state index in [0.29, 0.717) is 18.2 Å². The number of carbonyl (C=O) groups excluding carboxylic acids is 2. The molecule has 0 spiro atoms. The second-order valence-corrected chi connectivity index (χ2v) is 8.76. The lowest BCUT2D eigenvalue weighted by atomic mass is 9.94. The Kier molecular flexibility index (Phi) is 9.90. The Labute approximate surface area is 220 Å². The molecule has 1 amide bonds. The first-order valence-electron chi connectivity index (χ1n) is 10.4. The average molecular weight is 644 g/mol. The molecule has 3 nitrogen and oxygen atoms in total. The molecule has 0 aromatic heterocycles. The van der Waals surface area contributed by atoms with Gasteiger partial charge in [-0.2, -0.15) is 39.5 Å². The van der Waals surface area contributed by atoms with E-state index in [-0.39, 0.29) is 18.2 Å². The summed E-state index contributed by atoms with van der Waals surface area (Å²) in [4.78, 5) is 23.7. The fourth-order valence-electron chi connectivity index (χ4n) is 3.20. The highest BCUT2D eigenvalue weighted by atomic mass is 79.9. The van der Waals surface area contributed by atoms with E-state index in [2.05, 4.69) is 15.9 Å². The second kappa shape index (κ2) is 12.0. The van der Waals surface area contributed by atoms with Crippen molar-refractivity contribution < 1.29 is 62.3 Å². The number of carbonyl (C=O) groups is 2. The van der Waals surface area contributed by atoms with E-state index < -0.39 is 99.7 Å². The number of amides is 1. The van der Waals surface area contributed by atoms with E-state index in [1.165, 1.54) is 5.32 Å². The molecule has 1 N–H and O–H groups in total. The van der Waals surface area contributed by atoms with Crippen LogP contribution >= 0.6 is 15.9 Å². The van der Waals surface area contributed by atoms with E-state index in [9.17, 15) is 62.3 Å². The van der Waals surface area contributed by atoms with Crippen molar-refractivity contribution in [2.45, 2.75) is 37.3 Å². The van der Waals surface area contributed by atoms with Crippen molar-refractivity contribution in [3.63, 3.8) is 0 Å². The first-order valence-corrected chi connectivity index (χ1v) is 11.2. The summed E-state index contributed by atoms with van der Waals surface area (Å²) in [6.07, 6.45) is -17.5. The largest absolute Gasteiger partial charge is 0.417 e. The first kappa shape index (κ1) is 32.2. The number of ketones is 1. The van der Waals surface area contributed by atoms with Crippen LogP contribution in [-0.2, 0) is 11.0 Å². The fourth-order valence-corrected chi connectivity index (χ4v) is 3.65. The lowest BCUT2D eigenvalue weighted by molar-refractivity contribution is -0.140. The molecule has 0 aliphatic rings. The normalized spacial score (nSPS) is 13.8. The zero-order valence-electron chi connectivity index (χ0n) is 18.9. The maximum Gasteiger partial charge on any atom is 0.417 e. The van der Waals surface area contributed by atoms with Crippen molar-refractivity contribution in [1.29, 1.82) is 0 Å². The van der Waals surface area contributed by atoms with Crippen LogP contribution in [0.2, 0.25) is 0 Å². The van der Waals surface area contributed by atoms with Crippen LogP contribution in [0, 0.1) is 11.6 Å². The fraction of sp³-hybridized carbons (Fsp3) is 0.304. The lowest BCUT2D eigenvalue weighted by Gasteiger charge is -2.19. The molecule has 214 valence electrons. The van der Waals surface area contributed by atoms with Crippen LogP contribution in [0.1, 0.15) is 45.8 Å². The van der Waals surface area contributed by atoms with Gasteiger partial charge in [-0.1, -0.05) is 12.1 Å². The Morgan fingerprint density at radius 3 is 2.05 bits per heavy atom. The molecular formula is C23H14BrF12NO2. The van der Waals surface area contributed by atoms with E-state index in [4.69, 9.17) is 0 Å². The van der Waals surface area contributed by atoms with Crippen LogP contribution < -0.4 is 5.32 Å². The van der Waals surface area contributed by atoms with Crippen molar-refractivity contribution in [3.8, 4) is 0 Å². The second-order valence-electron chi connectivity index (χ2n) is 7.91. The van der Waals surface area contributed by atoms with Gasteiger partial charge in [0.05, 0.1) is 10.0 Å². The van der Waals surface area contributed by atoms with Crippen LogP contribution in [0.4, 0.5) is 52.7 Å². The van der Waals surface area contributed by atoms with Crippen LogP contribution in [0.25, 0.3) is 5.83 Å². The number of hydrogen-bond acceptors (Lipinski definition) is 2. The summed E-state index contributed by atoms with van der Waals surface area (Å²) >= 11 is 2.51. The van der Waals surface area contributed by atoms with Gasteiger partial charge in [0, 0.05) is 24.0 Å². The van der Waals surface area contributed by atoms with Gasteiger partial charge in [0.2, 0.25) is 5.91 Å². The minimum absolute atomic E-state index is 0.0252. The van der Waals surface area contributed by atoms with E-state index >= 15 is 0 Å². The molecule has 0 bridgehead atoms. The molecule has 1 unspecified atom stereocenters. The van der Waals surface area contributed by atoms with E-state index in [1.54, 1.807) is 0 Å². The SMILES string of the molecule is O=C(CCC(=O)c1ccc(/C(F)=C/C(c2cc(F)c(F)c(Br)c2)C(F)(F)F)cc1C(F)(F)F)NCC(F)(F)F. The van der Waals surface area contributed by atoms with Crippen LogP contribution in [0.5, 0.6) is 0 Å². The summed E-state index contributed by atoms with van der Waals surface area (Å²) < 4.78 is 159. The molecule has 2 aromatic carbocycles. The topological polar surface area (TPSA) is 46.2 Å². The Bertz CT molecular complexity index is 1240. The summed E-state index contributed by atoms with van der Waals surface area (Å²) in [6.45, 7) is -1.74. The molecule has 39 heavy (non-hydrogen) atoms. The molecule has 0 heterocycles. The van der Waals surface area contributed by atoms with Crippen molar-refractivity contribution in [2.24, 2.45) is 0 Å². The highest BCUT2D eigenvalue weighted by Gasteiger charge is 2.41. The number of alkyl halides is 9. The van der Waals surface area contributed by atoms with Gasteiger partial charge in [0.25, 0.3) is 0 Å². The number of benzene rings is 2. The van der Waals surface area contributed by atoms with Gasteiger partial charge in [0.15, 0.2) is 17.4 Å². The van der Waals surface area contributed by atoms with Gasteiger partial charge in [-0.3, -0.25) is 9.59 Å². The predicted molar refractivity (Wildman–Crippen MR) is 116 cm³/mol. The highest BCUT2D eigenvalue weighted by Crippen LogP contribution is 2.41. The minimum Gasteiger partial charge on any atom is -0.347 e. The van der Waals surface area contributed by atoms with Gasteiger partial charge in [0.1, 0.15) is 18.3 Å². The number of hydrogen-bond donors (Lipinski definition) is 1. The Balaban J connectivity index is 2.41. The third-order valence-electron chi connectivity index (χ3n) is 5.00. The molecule has 1 atom stereocenters. The third kappa shape index (κ3) is 9.00. The van der Waals surface area contributed by atoms with Gasteiger partial charge in [-0.05, 0) is 45.8 Å². The van der Waals surface area contributed by atoms with E-state index in [1.807, 2.05) is 0 Å². The van der Waals surface area contributed by atoms with Crippen molar-refractivity contribution in [2.75, 3.05) is 6.54 Å². The molecule has 0 saturated carbocycles. The van der Waals surface area contributed by atoms with Crippen LogP contribution in [0.15, 0.2) is 40.9 Å². The van der Waals surface area contributed by atoms with Crippen LogP contribution in [-0.4, -0.2) is 30.6 Å². The maximum absolute atomic E-state index is 14.8. The van der Waals surface area contributed by atoms with Crippen molar-refractivity contribution in [3.05, 3.63) is 74.8 Å². The molecular weight excluding hydrogens is 630 g/mol. The molecule has 0 fully saturated rings.